The van der Waals surface area contributed by atoms with Crippen molar-refractivity contribution in [2.45, 2.75) is 44.7 Å². The van der Waals surface area contributed by atoms with E-state index < -0.39 is 0 Å². The number of aromatic amines is 1. The molecule has 1 aliphatic rings. The van der Waals surface area contributed by atoms with E-state index in [1.165, 1.54) is 23.8 Å². The number of para-hydroxylation sites is 1. The number of carbonyl (C=O) groups is 1. The van der Waals surface area contributed by atoms with E-state index in [-0.39, 0.29) is 18.1 Å². The zero-order valence-corrected chi connectivity index (χ0v) is 12.6. The molecular weight excluding hydrogens is 264 g/mol. The third kappa shape index (κ3) is 2.56. The summed E-state index contributed by atoms with van der Waals surface area (Å²) in [5.41, 5.74) is 3.65. The third-order valence-electron chi connectivity index (χ3n) is 4.34. The fraction of sp³-hybridized carbons (Fsp3) is 0.471. The number of ether oxygens (including phenoxy) is 1. The van der Waals surface area contributed by atoms with Crippen LogP contribution in [-0.2, 0) is 16.0 Å². The first kappa shape index (κ1) is 14.1. The normalized spacial score (nSPS) is 21.2. The predicted octanol–water partition coefficient (Wildman–Crippen LogP) is 3.09. The molecule has 4 nitrogen and oxygen atoms in total. The highest BCUT2D eigenvalue weighted by Crippen LogP contribution is 2.34. The maximum absolute atomic E-state index is 12.0. The van der Waals surface area contributed by atoms with Crippen molar-refractivity contribution in [3.8, 4) is 0 Å². The molecule has 0 spiro atoms. The lowest BCUT2D eigenvalue weighted by Gasteiger charge is -2.30. The molecule has 2 aromatic rings. The molecule has 0 unspecified atom stereocenters. The van der Waals surface area contributed by atoms with E-state index in [4.69, 9.17) is 4.74 Å². The smallest absolute Gasteiger partial charge is 0.323 e. The van der Waals surface area contributed by atoms with Gasteiger partial charge in [0, 0.05) is 29.1 Å². The fourth-order valence-electron chi connectivity index (χ4n) is 3.26. The molecule has 21 heavy (non-hydrogen) atoms. The molecule has 2 heterocycles. The number of aromatic nitrogens is 1. The number of hydrogen-bond acceptors (Lipinski definition) is 3. The zero-order valence-electron chi connectivity index (χ0n) is 12.6. The topological polar surface area (TPSA) is 54.1 Å². The molecule has 0 saturated heterocycles. The molecule has 0 fully saturated rings. The van der Waals surface area contributed by atoms with Crippen LogP contribution in [0.15, 0.2) is 24.3 Å². The predicted molar refractivity (Wildman–Crippen MR) is 83.2 cm³/mol. The molecule has 0 aliphatic carbocycles. The number of hydrogen-bond donors (Lipinski definition) is 2. The highest BCUT2D eigenvalue weighted by atomic mass is 16.5. The average Bonchev–Trinajstić information content (AvgIpc) is 2.90. The Hall–Kier alpha value is -1.81. The van der Waals surface area contributed by atoms with Crippen LogP contribution < -0.4 is 5.32 Å². The highest BCUT2D eigenvalue weighted by molar-refractivity contribution is 5.87. The molecule has 1 aliphatic heterocycles. The van der Waals surface area contributed by atoms with Crippen LogP contribution in [0.5, 0.6) is 0 Å². The van der Waals surface area contributed by atoms with Gasteiger partial charge in [-0.05, 0) is 18.1 Å². The van der Waals surface area contributed by atoms with Crippen LogP contribution in [0.1, 0.15) is 43.5 Å². The first-order valence-corrected chi connectivity index (χ1v) is 7.68. The van der Waals surface area contributed by atoms with Crippen molar-refractivity contribution in [3.63, 3.8) is 0 Å². The van der Waals surface area contributed by atoms with Crippen LogP contribution in [0.25, 0.3) is 10.9 Å². The second kappa shape index (κ2) is 5.90. The maximum Gasteiger partial charge on any atom is 0.323 e. The van der Waals surface area contributed by atoms with Gasteiger partial charge >= 0.3 is 5.97 Å². The lowest BCUT2D eigenvalue weighted by molar-refractivity contribution is -0.143. The number of H-pyrrole nitrogens is 1. The Morgan fingerprint density at radius 3 is 2.95 bits per heavy atom. The minimum Gasteiger partial charge on any atom is -0.468 e. The van der Waals surface area contributed by atoms with Crippen LogP contribution >= 0.6 is 0 Å². The van der Waals surface area contributed by atoms with Gasteiger partial charge in [0.1, 0.15) is 6.04 Å². The summed E-state index contributed by atoms with van der Waals surface area (Å²) in [4.78, 5) is 15.5. The molecule has 4 heteroatoms. The Morgan fingerprint density at radius 2 is 2.19 bits per heavy atom. The Bertz CT molecular complexity index is 647. The molecule has 3 rings (SSSR count). The van der Waals surface area contributed by atoms with Crippen molar-refractivity contribution in [2.24, 2.45) is 0 Å². The largest absolute Gasteiger partial charge is 0.468 e. The molecule has 1 aromatic heterocycles. The first-order valence-electron chi connectivity index (χ1n) is 7.68. The van der Waals surface area contributed by atoms with Gasteiger partial charge < -0.3 is 9.72 Å². The molecule has 0 amide bonds. The number of benzene rings is 1. The summed E-state index contributed by atoms with van der Waals surface area (Å²) < 4.78 is 4.93. The molecule has 112 valence electrons. The number of rotatable bonds is 4. The second-order valence-electron chi connectivity index (χ2n) is 5.70. The van der Waals surface area contributed by atoms with Crippen molar-refractivity contribution < 1.29 is 9.53 Å². The number of esters is 1. The minimum absolute atomic E-state index is 0.174. The van der Waals surface area contributed by atoms with Gasteiger partial charge in [-0.25, -0.2) is 0 Å². The monoisotopic (exact) mass is 286 g/mol. The molecule has 0 saturated carbocycles. The molecule has 0 bridgehead atoms. The Labute approximate surface area is 124 Å². The minimum atomic E-state index is -0.247. The van der Waals surface area contributed by atoms with Crippen LogP contribution in [0.3, 0.4) is 0 Å². The number of fused-ring (bicyclic) bond motifs is 3. The van der Waals surface area contributed by atoms with Crippen LogP contribution in [-0.4, -0.2) is 24.1 Å². The lowest BCUT2D eigenvalue weighted by atomic mass is 9.91. The standard InChI is InChI=1S/C17H22N2O2/c1-3-4-8-14-16-12(10-15(18-14)17(20)21-2)11-7-5-6-9-13(11)19-16/h5-7,9,14-15,18-19H,3-4,8,10H2,1-2H3/t14-,15+/m0/s1. The summed E-state index contributed by atoms with van der Waals surface area (Å²) in [5.74, 6) is -0.174. The van der Waals surface area contributed by atoms with Gasteiger partial charge in [-0.3, -0.25) is 10.1 Å². The Balaban J connectivity index is 2.01. The van der Waals surface area contributed by atoms with Gasteiger partial charge in [0.2, 0.25) is 0 Å². The van der Waals surface area contributed by atoms with Crippen molar-refractivity contribution >= 4 is 16.9 Å². The lowest BCUT2D eigenvalue weighted by Crippen LogP contribution is -2.45. The van der Waals surface area contributed by atoms with Gasteiger partial charge in [-0.15, -0.1) is 0 Å². The summed E-state index contributed by atoms with van der Waals surface area (Å²) in [7, 11) is 1.45. The van der Waals surface area contributed by atoms with Crippen LogP contribution in [0.4, 0.5) is 0 Å². The average molecular weight is 286 g/mol. The number of unbranched alkanes of at least 4 members (excludes halogenated alkanes) is 1. The van der Waals surface area contributed by atoms with E-state index in [1.807, 2.05) is 12.1 Å². The number of nitrogens with one attached hydrogen (secondary N) is 2. The summed E-state index contributed by atoms with van der Waals surface area (Å²) in [6, 6.07) is 8.26. The van der Waals surface area contributed by atoms with E-state index in [2.05, 4.69) is 29.4 Å². The molecule has 2 atom stereocenters. The van der Waals surface area contributed by atoms with E-state index in [9.17, 15) is 4.79 Å². The molecular formula is C17H22N2O2. The van der Waals surface area contributed by atoms with Gasteiger partial charge in [0.15, 0.2) is 0 Å². The Kier molecular flexibility index (Phi) is 3.97. The van der Waals surface area contributed by atoms with E-state index >= 15 is 0 Å². The van der Waals surface area contributed by atoms with Crippen LogP contribution in [0.2, 0.25) is 0 Å². The SMILES string of the molecule is CCCC[C@@H]1N[C@@H](C(=O)OC)Cc2c1[nH]c1ccccc21. The van der Waals surface area contributed by atoms with Crippen molar-refractivity contribution in [3.05, 3.63) is 35.5 Å². The van der Waals surface area contributed by atoms with Gasteiger partial charge in [-0.1, -0.05) is 38.0 Å². The highest BCUT2D eigenvalue weighted by Gasteiger charge is 2.33. The van der Waals surface area contributed by atoms with Crippen LogP contribution in [0, 0.1) is 0 Å². The summed E-state index contributed by atoms with van der Waals surface area (Å²) in [6.07, 6.45) is 4.01. The summed E-state index contributed by atoms with van der Waals surface area (Å²) in [5, 5.41) is 4.68. The quantitative estimate of drug-likeness (QED) is 0.849. The maximum atomic E-state index is 12.0. The van der Waals surface area contributed by atoms with Crippen molar-refractivity contribution in [1.29, 1.82) is 0 Å². The van der Waals surface area contributed by atoms with E-state index in [1.54, 1.807) is 0 Å². The second-order valence-corrected chi connectivity index (χ2v) is 5.70. The number of methoxy groups -OCH3 is 1. The molecule has 2 N–H and O–H groups in total. The van der Waals surface area contributed by atoms with Gasteiger partial charge in [-0.2, -0.15) is 0 Å². The zero-order chi connectivity index (χ0) is 14.8. The summed E-state index contributed by atoms with van der Waals surface area (Å²) >= 11 is 0. The summed E-state index contributed by atoms with van der Waals surface area (Å²) in [6.45, 7) is 2.19. The fourth-order valence-corrected chi connectivity index (χ4v) is 3.26. The molecule has 1 aromatic carbocycles. The van der Waals surface area contributed by atoms with Gasteiger partial charge in [0.25, 0.3) is 0 Å². The van der Waals surface area contributed by atoms with E-state index in [0.717, 1.165) is 24.8 Å². The van der Waals surface area contributed by atoms with Crippen molar-refractivity contribution in [1.82, 2.24) is 10.3 Å². The van der Waals surface area contributed by atoms with E-state index in [0.29, 0.717) is 6.42 Å². The number of carbonyl (C=O) groups excluding carboxylic acids is 1. The molecule has 0 radical (unpaired) electrons. The third-order valence-corrected chi connectivity index (χ3v) is 4.34. The first-order chi connectivity index (χ1) is 10.2. The van der Waals surface area contributed by atoms with Crippen molar-refractivity contribution in [2.75, 3.05) is 7.11 Å². The Morgan fingerprint density at radius 1 is 1.38 bits per heavy atom. The van der Waals surface area contributed by atoms with Gasteiger partial charge in [0.05, 0.1) is 7.11 Å².